The van der Waals surface area contributed by atoms with Crippen LogP contribution in [0.25, 0.3) is 0 Å². The maximum absolute atomic E-state index is 13.3. The summed E-state index contributed by atoms with van der Waals surface area (Å²) < 4.78 is 11.0. The van der Waals surface area contributed by atoms with Gasteiger partial charge in [-0.25, -0.2) is 4.98 Å². The molecule has 0 aliphatic carbocycles. The molecule has 28 heavy (non-hydrogen) atoms. The van der Waals surface area contributed by atoms with Gasteiger partial charge in [0.1, 0.15) is 5.69 Å². The number of carbonyl (C=O) groups is 1. The first-order valence-electron chi connectivity index (χ1n) is 9.00. The van der Waals surface area contributed by atoms with Gasteiger partial charge in [0.25, 0.3) is 5.91 Å². The number of aromatic nitrogens is 2. The highest BCUT2D eigenvalue weighted by Gasteiger charge is 2.35. The second kappa shape index (κ2) is 7.59. The van der Waals surface area contributed by atoms with Crippen LogP contribution >= 0.6 is 11.3 Å². The number of thiophene rings is 1. The number of methoxy groups -OCH3 is 2. The summed E-state index contributed by atoms with van der Waals surface area (Å²) in [6, 6.07) is 7.87. The molecule has 3 aromatic rings. The lowest BCUT2D eigenvalue weighted by atomic mass is 9.90. The molecule has 0 saturated carbocycles. The third kappa shape index (κ3) is 3.22. The van der Waals surface area contributed by atoms with E-state index in [1.54, 1.807) is 38.0 Å². The maximum Gasteiger partial charge on any atom is 0.274 e. The van der Waals surface area contributed by atoms with Gasteiger partial charge in [-0.2, -0.15) is 0 Å². The van der Waals surface area contributed by atoms with Crippen molar-refractivity contribution in [2.75, 3.05) is 20.8 Å². The van der Waals surface area contributed by atoms with Gasteiger partial charge in [0.05, 0.1) is 32.2 Å². The monoisotopic (exact) mass is 395 g/mol. The Balaban J connectivity index is 1.81. The Morgan fingerprint density at radius 2 is 1.96 bits per heavy atom. The molecule has 6 nitrogen and oxygen atoms in total. The lowest BCUT2D eigenvalue weighted by molar-refractivity contribution is 0.0690. The van der Waals surface area contributed by atoms with E-state index in [-0.39, 0.29) is 11.9 Å². The molecule has 1 aliphatic rings. The standard InChI is InChI=1S/C21H21N3O3S/c1-13-11-23-16(12-22-13)21(25)24-7-6-14-9-17(26-2)18(27-3)10-15(14)20(24)19-5-4-8-28-19/h4-5,8-12,20H,6-7H2,1-3H3/t20-/m0/s1. The van der Waals surface area contributed by atoms with Gasteiger partial charge in [-0.3, -0.25) is 9.78 Å². The molecule has 2 aromatic heterocycles. The molecule has 0 spiro atoms. The largest absolute Gasteiger partial charge is 0.493 e. The van der Waals surface area contributed by atoms with Gasteiger partial charge in [-0.1, -0.05) is 6.07 Å². The minimum Gasteiger partial charge on any atom is -0.493 e. The average Bonchev–Trinajstić information content (AvgIpc) is 3.26. The molecule has 0 bridgehead atoms. The molecule has 1 aliphatic heterocycles. The molecule has 1 atom stereocenters. The second-order valence-electron chi connectivity index (χ2n) is 6.62. The Morgan fingerprint density at radius 3 is 2.61 bits per heavy atom. The SMILES string of the molecule is COc1cc2c(cc1OC)[C@@H](c1cccs1)N(C(=O)c1cnc(C)cn1)CC2. The van der Waals surface area contributed by atoms with E-state index in [0.29, 0.717) is 23.7 Å². The van der Waals surface area contributed by atoms with Crippen molar-refractivity contribution in [2.45, 2.75) is 19.4 Å². The van der Waals surface area contributed by atoms with Crippen molar-refractivity contribution < 1.29 is 14.3 Å². The minimum absolute atomic E-state index is 0.119. The summed E-state index contributed by atoms with van der Waals surface area (Å²) in [5.41, 5.74) is 3.36. The minimum atomic E-state index is -0.195. The summed E-state index contributed by atoms with van der Waals surface area (Å²) in [7, 11) is 3.26. The van der Waals surface area contributed by atoms with Crippen molar-refractivity contribution in [1.82, 2.24) is 14.9 Å². The second-order valence-corrected chi connectivity index (χ2v) is 7.59. The number of benzene rings is 1. The highest BCUT2D eigenvalue weighted by Crippen LogP contribution is 2.42. The lowest BCUT2D eigenvalue weighted by Crippen LogP contribution is -2.40. The Morgan fingerprint density at radius 1 is 1.18 bits per heavy atom. The molecular formula is C21H21N3O3S. The zero-order valence-electron chi connectivity index (χ0n) is 16.0. The Kier molecular flexibility index (Phi) is 5.00. The Bertz CT molecular complexity index is 987. The van der Waals surface area contributed by atoms with Crippen molar-refractivity contribution >= 4 is 17.2 Å². The molecule has 0 N–H and O–H groups in total. The van der Waals surface area contributed by atoms with Gasteiger partial charge in [0, 0.05) is 17.6 Å². The molecule has 0 radical (unpaired) electrons. The molecule has 1 aromatic carbocycles. The Labute approximate surface area is 167 Å². The number of hydrogen-bond donors (Lipinski definition) is 0. The molecule has 3 heterocycles. The van der Waals surface area contributed by atoms with Gasteiger partial charge < -0.3 is 14.4 Å². The number of carbonyl (C=O) groups excluding carboxylic acids is 1. The predicted molar refractivity (Wildman–Crippen MR) is 107 cm³/mol. The number of nitrogens with zero attached hydrogens (tertiary/aromatic N) is 3. The summed E-state index contributed by atoms with van der Waals surface area (Å²) >= 11 is 1.63. The molecule has 0 fully saturated rings. The van der Waals surface area contributed by atoms with Crippen LogP contribution in [0.15, 0.2) is 42.0 Å². The fraction of sp³-hybridized carbons (Fsp3) is 0.286. The molecule has 144 valence electrons. The van der Waals surface area contributed by atoms with Crippen LogP contribution in [-0.2, 0) is 6.42 Å². The van der Waals surface area contributed by atoms with Gasteiger partial charge in [0.15, 0.2) is 11.5 Å². The topological polar surface area (TPSA) is 64.6 Å². The van der Waals surface area contributed by atoms with Crippen LogP contribution < -0.4 is 9.47 Å². The predicted octanol–water partition coefficient (Wildman–Crippen LogP) is 3.65. The summed E-state index contributed by atoms with van der Waals surface area (Å²) in [6.45, 7) is 2.45. The van der Waals surface area contributed by atoms with Gasteiger partial charge >= 0.3 is 0 Å². The van der Waals surface area contributed by atoms with Crippen molar-refractivity contribution in [2.24, 2.45) is 0 Å². The average molecular weight is 395 g/mol. The van der Waals surface area contributed by atoms with E-state index in [9.17, 15) is 4.79 Å². The van der Waals surface area contributed by atoms with E-state index < -0.39 is 0 Å². The zero-order chi connectivity index (χ0) is 19.7. The third-order valence-electron chi connectivity index (χ3n) is 4.95. The van der Waals surface area contributed by atoms with Crippen LogP contribution in [0.4, 0.5) is 0 Å². The molecule has 1 amide bonds. The van der Waals surface area contributed by atoms with Crippen LogP contribution in [0.2, 0.25) is 0 Å². The van der Waals surface area contributed by atoms with E-state index in [4.69, 9.17) is 9.47 Å². The van der Waals surface area contributed by atoms with Crippen molar-refractivity contribution in [3.63, 3.8) is 0 Å². The fourth-order valence-electron chi connectivity index (χ4n) is 3.57. The number of amides is 1. The zero-order valence-corrected chi connectivity index (χ0v) is 16.8. The summed E-state index contributed by atoms with van der Waals surface area (Å²) in [5, 5.41) is 2.03. The number of ether oxygens (including phenoxy) is 2. The van der Waals surface area contributed by atoms with Crippen molar-refractivity contribution in [3.8, 4) is 11.5 Å². The fourth-order valence-corrected chi connectivity index (χ4v) is 4.42. The van der Waals surface area contributed by atoms with E-state index in [1.807, 2.05) is 35.4 Å². The quantitative estimate of drug-likeness (QED) is 0.675. The first kappa shape index (κ1) is 18.4. The first-order valence-corrected chi connectivity index (χ1v) is 9.88. The van der Waals surface area contributed by atoms with Gasteiger partial charge in [-0.15, -0.1) is 11.3 Å². The first-order chi connectivity index (χ1) is 13.6. The molecule has 4 rings (SSSR count). The highest BCUT2D eigenvalue weighted by atomic mass is 32.1. The third-order valence-corrected chi connectivity index (χ3v) is 5.87. The summed E-state index contributed by atoms with van der Waals surface area (Å²) in [4.78, 5) is 24.8. The summed E-state index contributed by atoms with van der Waals surface area (Å²) in [6.07, 6.45) is 3.91. The van der Waals surface area contributed by atoms with E-state index in [0.717, 1.165) is 28.1 Å². The lowest BCUT2D eigenvalue weighted by Gasteiger charge is -2.37. The molecule has 0 saturated heterocycles. The van der Waals surface area contributed by atoms with Crippen LogP contribution in [0.3, 0.4) is 0 Å². The van der Waals surface area contributed by atoms with Crippen LogP contribution in [0.1, 0.15) is 38.2 Å². The maximum atomic E-state index is 13.3. The number of rotatable bonds is 4. The molecule has 0 unspecified atom stereocenters. The van der Waals surface area contributed by atoms with Crippen molar-refractivity contribution in [3.05, 3.63) is 69.4 Å². The van der Waals surface area contributed by atoms with E-state index in [2.05, 4.69) is 16.0 Å². The van der Waals surface area contributed by atoms with Gasteiger partial charge in [-0.05, 0) is 48.1 Å². The Hall–Kier alpha value is -2.93. The molecular weight excluding hydrogens is 374 g/mol. The number of aryl methyl sites for hydroxylation is 1. The summed E-state index contributed by atoms with van der Waals surface area (Å²) in [5.74, 6) is 1.24. The van der Waals surface area contributed by atoms with Gasteiger partial charge in [0.2, 0.25) is 0 Å². The number of fused-ring (bicyclic) bond motifs is 1. The van der Waals surface area contributed by atoms with E-state index >= 15 is 0 Å². The smallest absolute Gasteiger partial charge is 0.274 e. The van der Waals surface area contributed by atoms with Crippen LogP contribution in [0.5, 0.6) is 11.5 Å². The van der Waals surface area contributed by atoms with E-state index in [1.165, 1.54) is 0 Å². The van der Waals surface area contributed by atoms with Crippen molar-refractivity contribution in [1.29, 1.82) is 0 Å². The normalized spacial score (nSPS) is 15.8. The van der Waals surface area contributed by atoms with Crippen LogP contribution in [0, 0.1) is 6.92 Å². The number of hydrogen-bond acceptors (Lipinski definition) is 6. The molecule has 7 heteroatoms. The highest BCUT2D eigenvalue weighted by molar-refractivity contribution is 7.10. The van der Waals surface area contributed by atoms with Crippen LogP contribution in [-0.4, -0.2) is 41.5 Å².